The minimum atomic E-state index is -1.21. The van der Waals surface area contributed by atoms with Crippen LogP contribution in [0.25, 0.3) is 0 Å². The Balaban J connectivity index is 1.49. The number of carboxylic acid groups (broad SMARTS) is 1. The Labute approximate surface area is 208 Å². The number of anilines is 1. The molecule has 4 heterocycles. The maximum absolute atomic E-state index is 12.9. The predicted octanol–water partition coefficient (Wildman–Crippen LogP) is 0.409. The van der Waals surface area contributed by atoms with E-state index < -0.39 is 29.2 Å². The molecule has 2 aliphatic rings. The molecule has 1 saturated heterocycles. The van der Waals surface area contributed by atoms with Crippen LogP contribution in [0.4, 0.5) is 5.13 Å². The standard InChI is InChI=1S/C17H16N8O5S4/c1-2-3-30-23-8(11-21-16(18)34-24-11)12(26)20-9-13(27)25-10(15(28)29)7(4-31-14(9)25)5-32-17-22-19-6-33-17/h2,6,9,14H,1,3-5H2,(H,20,26)(H,28,29)(H2,18,21,24)/t9?,14-/m0/s1. The molecule has 4 rings (SSSR count). The number of carbonyl (C=O) groups excluding carboxylic acids is 2. The zero-order valence-corrected chi connectivity index (χ0v) is 20.4. The number of aromatic nitrogens is 4. The monoisotopic (exact) mass is 540 g/mol. The molecule has 0 aromatic carbocycles. The van der Waals surface area contributed by atoms with E-state index in [4.69, 9.17) is 10.6 Å². The maximum atomic E-state index is 12.9. The predicted molar refractivity (Wildman–Crippen MR) is 127 cm³/mol. The Morgan fingerprint density at radius 2 is 2.32 bits per heavy atom. The third kappa shape index (κ3) is 4.91. The van der Waals surface area contributed by atoms with Gasteiger partial charge in [0.1, 0.15) is 29.2 Å². The van der Waals surface area contributed by atoms with Gasteiger partial charge in [-0.3, -0.25) is 14.5 Å². The van der Waals surface area contributed by atoms with Crippen molar-refractivity contribution in [2.24, 2.45) is 5.16 Å². The molecule has 0 aliphatic carbocycles. The summed E-state index contributed by atoms with van der Waals surface area (Å²) < 4.78 is 4.67. The number of aliphatic carboxylic acids is 1. The first-order valence-corrected chi connectivity index (χ1v) is 13.1. The van der Waals surface area contributed by atoms with Gasteiger partial charge in [-0.15, -0.1) is 22.0 Å². The molecular weight excluding hydrogens is 525 g/mol. The fraction of sp³-hybridized carbons (Fsp3) is 0.294. The first-order chi connectivity index (χ1) is 16.4. The molecule has 0 spiro atoms. The van der Waals surface area contributed by atoms with Gasteiger partial charge in [-0.25, -0.2) is 4.79 Å². The van der Waals surface area contributed by atoms with Crippen LogP contribution in [-0.4, -0.2) is 82.6 Å². The van der Waals surface area contributed by atoms with Gasteiger partial charge in [0.05, 0.1) is 0 Å². The zero-order chi connectivity index (χ0) is 24.2. The van der Waals surface area contributed by atoms with Crippen LogP contribution in [0.15, 0.2) is 38.9 Å². The molecule has 1 unspecified atom stereocenters. The molecule has 2 atom stereocenters. The highest BCUT2D eigenvalue weighted by atomic mass is 32.2. The van der Waals surface area contributed by atoms with E-state index in [1.807, 2.05) is 0 Å². The number of hydrogen-bond donors (Lipinski definition) is 3. The summed E-state index contributed by atoms with van der Waals surface area (Å²) in [7, 11) is 0. The second-order valence-corrected chi connectivity index (χ2v) is 10.5. The molecule has 2 aliphatic heterocycles. The van der Waals surface area contributed by atoms with Crippen LogP contribution in [0.3, 0.4) is 0 Å². The number of thioether (sulfide) groups is 2. The number of hydrogen-bond acceptors (Lipinski definition) is 14. The first kappa shape index (κ1) is 24.1. The maximum Gasteiger partial charge on any atom is 0.352 e. The van der Waals surface area contributed by atoms with Crippen molar-refractivity contribution in [2.75, 3.05) is 23.8 Å². The highest BCUT2D eigenvalue weighted by molar-refractivity contribution is 8.01. The van der Waals surface area contributed by atoms with E-state index in [2.05, 4.69) is 36.6 Å². The van der Waals surface area contributed by atoms with Crippen molar-refractivity contribution >= 4 is 75.0 Å². The lowest BCUT2D eigenvalue weighted by molar-refractivity contribution is -0.150. The topological polar surface area (TPSA) is 186 Å². The van der Waals surface area contributed by atoms with Crippen molar-refractivity contribution in [1.29, 1.82) is 0 Å². The summed E-state index contributed by atoms with van der Waals surface area (Å²) in [5, 5.41) is 23.4. The van der Waals surface area contributed by atoms with Gasteiger partial charge in [0, 0.05) is 23.0 Å². The number of nitrogens with one attached hydrogen (secondary N) is 1. The van der Waals surface area contributed by atoms with Gasteiger partial charge in [-0.1, -0.05) is 40.9 Å². The van der Waals surface area contributed by atoms with Crippen LogP contribution in [-0.2, 0) is 19.2 Å². The Bertz CT molecular complexity index is 1180. The summed E-state index contributed by atoms with van der Waals surface area (Å²) in [6.45, 7) is 3.54. The number of nitrogen functional groups attached to an aromatic ring is 1. The second kappa shape index (κ2) is 10.5. The van der Waals surface area contributed by atoms with Gasteiger partial charge in [-0.05, 0) is 5.57 Å². The summed E-state index contributed by atoms with van der Waals surface area (Å²) in [6, 6.07) is -0.954. The van der Waals surface area contributed by atoms with Crippen molar-refractivity contribution in [3.63, 3.8) is 0 Å². The lowest BCUT2D eigenvalue weighted by Gasteiger charge is -2.49. The average Bonchev–Trinajstić information content (AvgIpc) is 3.49. The van der Waals surface area contributed by atoms with Gasteiger partial charge >= 0.3 is 5.97 Å². The smallest absolute Gasteiger partial charge is 0.352 e. The number of fused-ring (bicyclic) bond motifs is 1. The van der Waals surface area contributed by atoms with Crippen molar-refractivity contribution in [2.45, 2.75) is 15.8 Å². The van der Waals surface area contributed by atoms with Crippen LogP contribution >= 0.6 is 46.4 Å². The number of rotatable bonds is 10. The first-order valence-electron chi connectivity index (χ1n) is 9.41. The van der Waals surface area contributed by atoms with E-state index in [-0.39, 0.29) is 29.0 Å². The van der Waals surface area contributed by atoms with Crippen molar-refractivity contribution in [1.82, 2.24) is 29.8 Å². The summed E-state index contributed by atoms with van der Waals surface area (Å²) >= 11 is 4.93. The highest BCUT2D eigenvalue weighted by Crippen LogP contribution is 2.41. The number of nitrogens with two attached hydrogens (primary N) is 1. The minimum absolute atomic E-state index is 0.0373. The van der Waals surface area contributed by atoms with Crippen LogP contribution in [0, 0.1) is 0 Å². The number of oxime groups is 1. The molecule has 34 heavy (non-hydrogen) atoms. The summed E-state index contributed by atoms with van der Waals surface area (Å²) in [4.78, 5) is 47.9. The van der Waals surface area contributed by atoms with Gasteiger partial charge in [0.25, 0.3) is 11.8 Å². The van der Waals surface area contributed by atoms with E-state index in [0.717, 1.165) is 11.5 Å². The molecule has 178 valence electrons. The second-order valence-electron chi connectivity index (χ2n) is 6.59. The molecular formula is C17H16N8O5S4. The molecule has 1 fully saturated rings. The van der Waals surface area contributed by atoms with Crippen molar-refractivity contribution in [3.8, 4) is 0 Å². The molecule has 2 amide bonds. The summed E-state index contributed by atoms with van der Waals surface area (Å²) in [6.07, 6.45) is 1.44. The minimum Gasteiger partial charge on any atom is -0.477 e. The number of amides is 2. The van der Waals surface area contributed by atoms with Crippen LogP contribution in [0.1, 0.15) is 5.82 Å². The van der Waals surface area contributed by atoms with Crippen molar-refractivity contribution in [3.05, 3.63) is 35.3 Å². The van der Waals surface area contributed by atoms with Crippen LogP contribution in [0.5, 0.6) is 0 Å². The molecule has 13 nitrogen and oxygen atoms in total. The van der Waals surface area contributed by atoms with E-state index in [0.29, 0.717) is 21.4 Å². The van der Waals surface area contributed by atoms with Crippen molar-refractivity contribution < 1.29 is 24.3 Å². The molecule has 0 bridgehead atoms. The summed E-state index contributed by atoms with van der Waals surface area (Å²) in [5.74, 6) is -1.82. The molecule has 4 N–H and O–H groups in total. The Morgan fingerprint density at radius 1 is 1.50 bits per heavy atom. The third-order valence-corrected chi connectivity index (χ3v) is 8.29. The van der Waals surface area contributed by atoms with Crippen LogP contribution < -0.4 is 11.1 Å². The van der Waals surface area contributed by atoms with Gasteiger partial charge in [0.15, 0.2) is 9.47 Å². The van der Waals surface area contributed by atoms with Gasteiger partial charge in [0.2, 0.25) is 11.5 Å². The fourth-order valence-electron chi connectivity index (χ4n) is 3.05. The lowest BCUT2D eigenvalue weighted by atomic mass is 10.0. The SMILES string of the molecule is C=CCON=C(C(=O)NC1C(=O)N2C(C(=O)O)=C(CSc3nncs3)CS[C@@H]12)c1nsc(N)n1. The van der Waals surface area contributed by atoms with E-state index >= 15 is 0 Å². The Hall–Kier alpha value is -3.02. The number of carboxylic acids is 1. The largest absolute Gasteiger partial charge is 0.477 e. The average molecular weight is 541 g/mol. The summed E-state index contributed by atoms with van der Waals surface area (Å²) in [5.41, 5.74) is 7.44. The zero-order valence-electron chi connectivity index (χ0n) is 17.1. The third-order valence-electron chi connectivity index (χ3n) is 4.46. The molecule has 0 radical (unpaired) electrons. The van der Waals surface area contributed by atoms with E-state index in [9.17, 15) is 19.5 Å². The lowest BCUT2D eigenvalue weighted by Crippen LogP contribution is -2.71. The van der Waals surface area contributed by atoms with Gasteiger partial charge < -0.3 is 21.0 Å². The Morgan fingerprint density at radius 3 is 2.97 bits per heavy atom. The van der Waals surface area contributed by atoms with E-state index in [1.54, 1.807) is 5.51 Å². The van der Waals surface area contributed by atoms with E-state index in [1.165, 1.54) is 45.8 Å². The quantitative estimate of drug-likeness (QED) is 0.0942. The molecule has 2 aromatic heterocycles. The molecule has 2 aromatic rings. The number of nitrogens with zero attached hydrogens (tertiary/aromatic N) is 6. The number of carbonyl (C=O) groups is 3. The van der Waals surface area contributed by atoms with Gasteiger partial charge in [-0.2, -0.15) is 9.36 Å². The molecule has 0 saturated carbocycles. The normalized spacial score (nSPS) is 19.9. The van der Waals surface area contributed by atoms with Crippen LogP contribution in [0.2, 0.25) is 0 Å². The fourth-order valence-corrected chi connectivity index (χ4v) is 6.46. The molecule has 17 heteroatoms. The highest BCUT2D eigenvalue weighted by Gasteiger charge is 2.54. The number of β-lactam (4-membered cyclic amide) rings is 1. The Kier molecular flexibility index (Phi) is 7.44.